The van der Waals surface area contributed by atoms with E-state index < -0.39 is 30.6 Å². The summed E-state index contributed by atoms with van der Waals surface area (Å²) in [5.41, 5.74) is 1.38. The molecule has 3 aliphatic heterocycles. The Morgan fingerprint density at radius 3 is 2.62 bits per heavy atom. The molecule has 39 heavy (non-hydrogen) atoms. The third-order valence-electron chi connectivity index (χ3n) is 8.44. The van der Waals surface area contributed by atoms with Crippen LogP contribution in [0, 0.1) is 5.41 Å². The first-order valence-corrected chi connectivity index (χ1v) is 13.5. The number of carbonyl (C=O) groups is 2. The van der Waals surface area contributed by atoms with E-state index >= 15 is 0 Å². The highest BCUT2D eigenvalue weighted by Gasteiger charge is 2.52. The molecule has 212 valence electrons. The molecule has 0 aromatic heterocycles. The number of aliphatic imine (C=N–C) groups is 2. The van der Waals surface area contributed by atoms with Crippen LogP contribution >= 0.6 is 0 Å². The van der Waals surface area contributed by atoms with E-state index in [-0.39, 0.29) is 24.0 Å². The summed E-state index contributed by atoms with van der Waals surface area (Å²) in [6.07, 6.45) is 5.07. The minimum atomic E-state index is -3.53. The van der Waals surface area contributed by atoms with Crippen molar-refractivity contribution in [3.05, 3.63) is 23.8 Å². The van der Waals surface area contributed by atoms with Crippen molar-refractivity contribution >= 4 is 29.7 Å². The van der Waals surface area contributed by atoms with Gasteiger partial charge in [0.05, 0.1) is 19.3 Å². The Hall–Kier alpha value is -3.12. The number of anilines is 1. The summed E-state index contributed by atoms with van der Waals surface area (Å²) in [4.78, 5) is 36.8. The van der Waals surface area contributed by atoms with E-state index in [1.54, 1.807) is 32.0 Å². The first-order chi connectivity index (χ1) is 18.5. The molecule has 12 heteroatoms. The summed E-state index contributed by atoms with van der Waals surface area (Å²) < 4.78 is 34.8. The van der Waals surface area contributed by atoms with Crippen LogP contribution in [0.3, 0.4) is 0 Å². The predicted molar refractivity (Wildman–Crippen MR) is 145 cm³/mol. The van der Waals surface area contributed by atoms with Gasteiger partial charge in [0.15, 0.2) is 0 Å². The van der Waals surface area contributed by atoms with Gasteiger partial charge in [0.25, 0.3) is 11.8 Å². The number of fused-ring (bicyclic) bond motifs is 1. The minimum absolute atomic E-state index is 0.149. The second-order valence-electron chi connectivity index (χ2n) is 11.4. The Kier molecular flexibility index (Phi) is 7.36. The Morgan fingerprint density at radius 2 is 1.95 bits per heavy atom. The second kappa shape index (κ2) is 10.5. The number of hydrogen-bond donors (Lipinski definition) is 3. The van der Waals surface area contributed by atoms with Crippen LogP contribution < -0.4 is 20.7 Å². The van der Waals surface area contributed by atoms with Crippen molar-refractivity contribution in [1.29, 1.82) is 0 Å². The van der Waals surface area contributed by atoms with E-state index in [1.807, 2.05) is 0 Å². The molecule has 0 radical (unpaired) electrons. The number of alkyl halides is 2. The number of nitrogens with one attached hydrogen (secondary N) is 3. The lowest BCUT2D eigenvalue weighted by atomic mass is 9.60. The average molecular weight is 546 g/mol. The zero-order valence-electron chi connectivity index (χ0n) is 22.8. The molecule has 3 heterocycles. The summed E-state index contributed by atoms with van der Waals surface area (Å²) in [6.45, 7) is 4.94. The molecule has 4 aliphatic rings. The van der Waals surface area contributed by atoms with Crippen LogP contribution in [0.4, 0.5) is 14.5 Å². The zero-order valence-corrected chi connectivity index (χ0v) is 22.8. The lowest BCUT2D eigenvalue weighted by Crippen LogP contribution is -2.54. The first-order valence-electron chi connectivity index (χ1n) is 13.5. The number of hydrogen-bond acceptors (Lipinski definition) is 8. The van der Waals surface area contributed by atoms with Crippen molar-refractivity contribution in [3.63, 3.8) is 0 Å². The maximum atomic E-state index is 14.6. The van der Waals surface area contributed by atoms with Gasteiger partial charge in [-0.2, -0.15) is 8.78 Å². The molecule has 2 unspecified atom stereocenters. The minimum Gasteiger partial charge on any atom is -0.495 e. The topological polar surface area (TPSA) is 111 Å². The molecule has 1 spiro atoms. The van der Waals surface area contributed by atoms with Crippen molar-refractivity contribution in [2.45, 2.75) is 69.7 Å². The molecule has 10 nitrogen and oxygen atoms in total. The highest BCUT2D eigenvalue weighted by molar-refractivity contribution is 6.03. The van der Waals surface area contributed by atoms with Crippen LogP contribution in [0.25, 0.3) is 0 Å². The Balaban J connectivity index is 1.29. The number of guanidine groups is 1. The third kappa shape index (κ3) is 5.36. The van der Waals surface area contributed by atoms with Gasteiger partial charge in [0, 0.05) is 30.9 Å². The lowest BCUT2D eigenvalue weighted by molar-refractivity contribution is -0.155. The molecule has 1 saturated carbocycles. The summed E-state index contributed by atoms with van der Waals surface area (Å²) >= 11 is 0. The number of piperidine rings is 1. The molecule has 1 aliphatic carbocycles. The van der Waals surface area contributed by atoms with E-state index in [9.17, 15) is 18.4 Å². The summed E-state index contributed by atoms with van der Waals surface area (Å²) in [7, 11) is 2.85. The van der Waals surface area contributed by atoms with Gasteiger partial charge in [0.1, 0.15) is 18.0 Å². The van der Waals surface area contributed by atoms with Gasteiger partial charge in [-0.25, -0.2) is 9.98 Å². The van der Waals surface area contributed by atoms with Crippen LogP contribution in [-0.2, 0) is 4.79 Å². The van der Waals surface area contributed by atoms with Crippen molar-refractivity contribution in [2.75, 3.05) is 39.1 Å². The monoisotopic (exact) mass is 545 g/mol. The van der Waals surface area contributed by atoms with E-state index in [1.165, 1.54) is 25.3 Å². The molecule has 2 atom stereocenters. The van der Waals surface area contributed by atoms with Crippen molar-refractivity contribution in [2.24, 2.45) is 15.4 Å². The van der Waals surface area contributed by atoms with E-state index in [4.69, 9.17) is 4.74 Å². The Bertz CT molecular complexity index is 1170. The van der Waals surface area contributed by atoms with Crippen LogP contribution in [0.15, 0.2) is 28.2 Å². The second-order valence-corrected chi connectivity index (χ2v) is 11.4. The lowest BCUT2D eigenvalue weighted by Gasteiger charge is -2.50. The van der Waals surface area contributed by atoms with Gasteiger partial charge in [-0.3, -0.25) is 14.5 Å². The molecular weight excluding hydrogens is 508 g/mol. The van der Waals surface area contributed by atoms with E-state index in [2.05, 4.69) is 25.9 Å². The smallest absolute Gasteiger partial charge is 0.337 e. The molecule has 3 N–H and O–H groups in total. The highest BCUT2D eigenvalue weighted by atomic mass is 19.3. The SMILES string of the molecule is COc1cc(C(=O)NC2CC3(CCNCC3)C2)ccc1NC1=NC2C(C=N1)N(C)C(=O)C(F)(F)CN2C(C)C. The van der Waals surface area contributed by atoms with E-state index in [0.717, 1.165) is 43.7 Å². The maximum Gasteiger partial charge on any atom is 0.337 e. The van der Waals surface area contributed by atoms with Gasteiger partial charge in [-0.1, -0.05) is 0 Å². The van der Waals surface area contributed by atoms with E-state index in [0.29, 0.717) is 22.4 Å². The van der Waals surface area contributed by atoms with Crippen molar-refractivity contribution in [1.82, 2.24) is 20.4 Å². The quantitative estimate of drug-likeness (QED) is 0.524. The van der Waals surface area contributed by atoms with Crippen molar-refractivity contribution < 1.29 is 23.1 Å². The maximum absolute atomic E-state index is 14.6. The van der Waals surface area contributed by atoms with Crippen LogP contribution in [0.5, 0.6) is 5.75 Å². The van der Waals surface area contributed by atoms with Gasteiger partial charge in [0.2, 0.25) is 5.96 Å². The number of carbonyl (C=O) groups excluding carboxylic acids is 2. The predicted octanol–water partition coefficient (Wildman–Crippen LogP) is 2.32. The largest absolute Gasteiger partial charge is 0.495 e. The Morgan fingerprint density at radius 1 is 1.23 bits per heavy atom. The molecule has 1 aromatic carbocycles. The molecule has 2 saturated heterocycles. The number of likely N-dealkylation sites (N-methyl/N-ethyl adjacent to an activating group) is 1. The number of halogens is 2. The fourth-order valence-electron chi connectivity index (χ4n) is 6.14. The number of methoxy groups -OCH3 is 1. The van der Waals surface area contributed by atoms with Crippen molar-refractivity contribution in [3.8, 4) is 5.75 Å². The number of benzene rings is 1. The molecule has 1 aromatic rings. The highest BCUT2D eigenvalue weighted by Crippen LogP contribution is 2.48. The average Bonchev–Trinajstić information content (AvgIpc) is 2.97. The zero-order chi connectivity index (χ0) is 27.9. The molecule has 2 amide bonds. The normalized spacial score (nSPS) is 26.5. The first kappa shape index (κ1) is 27.4. The van der Waals surface area contributed by atoms with Crippen LogP contribution in [0.1, 0.15) is 49.9 Å². The summed E-state index contributed by atoms with van der Waals surface area (Å²) in [5, 5.41) is 9.64. The molecule has 3 fully saturated rings. The number of ether oxygens (including phenoxy) is 1. The van der Waals surface area contributed by atoms with Gasteiger partial charge < -0.3 is 25.6 Å². The standard InChI is InChI=1S/C27H37F2N7O3/c1-16(2)36-15-27(28,29)24(38)35(3)20-14-31-25(34-22(20)36)33-19-6-5-17(11-21(19)39-4)23(37)32-18-12-26(13-18)7-9-30-10-8-26/h5-6,11,14,16,18,20,22,30H,7-10,12-13,15H2,1-4H3,(H,32,37)(H,33,34). The Labute approximate surface area is 227 Å². The molecule has 5 rings (SSSR count). The van der Waals surface area contributed by atoms with Gasteiger partial charge in [-0.05, 0) is 76.2 Å². The summed E-state index contributed by atoms with van der Waals surface area (Å²) in [6, 6.07) is 4.23. The fraction of sp³-hybridized carbons (Fsp3) is 0.630. The number of rotatable bonds is 5. The fourth-order valence-corrected chi connectivity index (χ4v) is 6.14. The number of amides is 2. The van der Waals surface area contributed by atoms with Gasteiger partial charge >= 0.3 is 5.92 Å². The summed E-state index contributed by atoms with van der Waals surface area (Å²) in [5.74, 6) is -4.30. The van der Waals surface area contributed by atoms with Gasteiger partial charge in [-0.15, -0.1) is 0 Å². The number of nitrogens with zero attached hydrogens (tertiary/aromatic N) is 4. The van der Waals surface area contributed by atoms with Crippen LogP contribution in [-0.4, -0.2) is 97.8 Å². The third-order valence-corrected chi connectivity index (χ3v) is 8.44. The van der Waals surface area contributed by atoms with Crippen LogP contribution in [0.2, 0.25) is 0 Å². The molecule has 0 bridgehead atoms. The molecular formula is C27H37F2N7O3.